The van der Waals surface area contributed by atoms with Crippen molar-refractivity contribution in [3.05, 3.63) is 90.3 Å². The van der Waals surface area contributed by atoms with Gasteiger partial charge in [0.25, 0.3) is 0 Å². The molecule has 3 aromatic carbocycles. The lowest BCUT2D eigenvalue weighted by Gasteiger charge is -2.29. The molecule has 0 saturated heterocycles. The van der Waals surface area contributed by atoms with Crippen molar-refractivity contribution in [1.29, 1.82) is 0 Å². The molecule has 6 heteroatoms. The van der Waals surface area contributed by atoms with Gasteiger partial charge in [-0.1, -0.05) is 30.3 Å². The zero-order valence-electron chi connectivity index (χ0n) is 21.2. The first-order valence-electron chi connectivity index (χ1n) is 12.9. The quantitative estimate of drug-likeness (QED) is 0.191. The van der Waals surface area contributed by atoms with Crippen molar-refractivity contribution < 1.29 is 27.4 Å². The molecular formula is C31H33F3O3. The van der Waals surface area contributed by atoms with Crippen molar-refractivity contribution in [3.8, 4) is 28.4 Å². The molecule has 0 spiro atoms. The molecule has 1 fully saturated rings. The zero-order chi connectivity index (χ0) is 26.2. The van der Waals surface area contributed by atoms with Crippen LogP contribution < -0.4 is 14.2 Å². The molecule has 37 heavy (non-hydrogen) atoms. The monoisotopic (exact) mass is 510 g/mol. The van der Waals surface area contributed by atoms with Crippen molar-refractivity contribution >= 4 is 0 Å². The van der Waals surface area contributed by atoms with Gasteiger partial charge in [-0.05, 0) is 86.3 Å². The number of hydrogen-bond donors (Lipinski definition) is 0. The van der Waals surface area contributed by atoms with Crippen molar-refractivity contribution in [2.24, 2.45) is 5.92 Å². The summed E-state index contributed by atoms with van der Waals surface area (Å²) < 4.78 is 61.1. The van der Waals surface area contributed by atoms with Crippen molar-refractivity contribution in [1.82, 2.24) is 0 Å². The molecule has 0 atom stereocenters. The van der Waals surface area contributed by atoms with Gasteiger partial charge in [0.2, 0.25) is 0 Å². The lowest BCUT2D eigenvalue weighted by atomic mass is 9.78. The van der Waals surface area contributed by atoms with Crippen LogP contribution >= 0.6 is 0 Å². The van der Waals surface area contributed by atoms with Crippen LogP contribution in [0.25, 0.3) is 11.1 Å². The summed E-state index contributed by atoms with van der Waals surface area (Å²) in [5.74, 6) is -0.541. The molecule has 0 N–H and O–H groups in total. The molecule has 0 unspecified atom stereocenters. The van der Waals surface area contributed by atoms with E-state index < -0.39 is 17.5 Å². The molecule has 0 aromatic heterocycles. The van der Waals surface area contributed by atoms with Gasteiger partial charge in [0.15, 0.2) is 23.2 Å². The minimum Gasteiger partial charge on any atom is -0.494 e. The molecule has 0 bridgehead atoms. The van der Waals surface area contributed by atoms with Crippen molar-refractivity contribution in [3.63, 3.8) is 0 Å². The SMILES string of the molecule is C=CCCOc1ccc(OCC2CCC(c3ccc(-c4ccc(OCC)cc4)c(F)c3F)CC2)c(F)c1. The highest BCUT2D eigenvalue weighted by atomic mass is 19.2. The van der Waals surface area contributed by atoms with Gasteiger partial charge in [0.1, 0.15) is 11.5 Å². The second-order valence-corrected chi connectivity index (χ2v) is 9.33. The normalized spacial score (nSPS) is 17.3. The molecule has 3 aromatic rings. The number of halogens is 3. The van der Waals surface area contributed by atoms with Crippen molar-refractivity contribution in [2.45, 2.75) is 44.9 Å². The Balaban J connectivity index is 1.32. The predicted octanol–water partition coefficient (Wildman–Crippen LogP) is 8.48. The van der Waals surface area contributed by atoms with E-state index in [1.54, 1.807) is 54.6 Å². The predicted molar refractivity (Wildman–Crippen MR) is 140 cm³/mol. The molecule has 0 heterocycles. The fourth-order valence-electron chi connectivity index (χ4n) is 4.80. The van der Waals surface area contributed by atoms with E-state index in [-0.39, 0.29) is 23.1 Å². The fraction of sp³-hybridized carbons (Fsp3) is 0.355. The lowest BCUT2D eigenvalue weighted by Crippen LogP contribution is -2.20. The summed E-state index contributed by atoms with van der Waals surface area (Å²) in [5, 5.41) is 0. The van der Waals surface area contributed by atoms with Gasteiger partial charge < -0.3 is 14.2 Å². The average Bonchev–Trinajstić information content (AvgIpc) is 2.91. The van der Waals surface area contributed by atoms with Crippen molar-refractivity contribution in [2.75, 3.05) is 19.8 Å². The zero-order valence-corrected chi connectivity index (χ0v) is 21.2. The van der Waals surface area contributed by atoms with Gasteiger partial charge in [-0.2, -0.15) is 0 Å². The Morgan fingerprint density at radius 2 is 1.57 bits per heavy atom. The minimum absolute atomic E-state index is 0.0520. The highest BCUT2D eigenvalue weighted by molar-refractivity contribution is 5.65. The van der Waals surface area contributed by atoms with E-state index in [0.717, 1.165) is 25.7 Å². The highest BCUT2D eigenvalue weighted by Gasteiger charge is 2.27. The fourth-order valence-corrected chi connectivity index (χ4v) is 4.80. The third-order valence-electron chi connectivity index (χ3n) is 6.84. The summed E-state index contributed by atoms with van der Waals surface area (Å²) in [4.78, 5) is 0. The highest BCUT2D eigenvalue weighted by Crippen LogP contribution is 2.39. The Morgan fingerprint density at radius 1 is 0.838 bits per heavy atom. The van der Waals surface area contributed by atoms with E-state index in [4.69, 9.17) is 14.2 Å². The second-order valence-electron chi connectivity index (χ2n) is 9.33. The Labute approximate surface area is 216 Å². The van der Waals surface area contributed by atoms with E-state index in [1.165, 1.54) is 6.07 Å². The number of hydrogen-bond acceptors (Lipinski definition) is 3. The van der Waals surface area contributed by atoms with E-state index in [2.05, 4.69) is 6.58 Å². The summed E-state index contributed by atoms with van der Waals surface area (Å²) in [6.45, 7) is 6.89. The standard InChI is InChI=1S/C31H33F3O3/c1-3-5-18-36-25-14-17-29(28(32)19-25)37-20-21-6-8-22(9-7-21)26-15-16-27(31(34)30(26)33)23-10-12-24(13-11-23)35-4-2/h3,10-17,19,21-22H,1,4-9,18,20H2,2H3. The van der Waals surface area contributed by atoms with Gasteiger partial charge in [0.05, 0.1) is 19.8 Å². The number of benzene rings is 3. The van der Waals surface area contributed by atoms with E-state index in [0.29, 0.717) is 48.9 Å². The van der Waals surface area contributed by atoms with E-state index in [9.17, 15) is 4.39 Å². The van der Waals surface area contributed by atoms with E-state index >= 15 is 8.78 Å². The number of rotatable bonds is 11. The third-order valence-corrected chi connectivity index (χ3v) is 6.84. The summed E-state index contributed by atoms with van der Waals surface area (Å²) in [7, 11) is 0. The van der Waals surface area contributed by atoms with Gasteiger partial charge in [-0.25, -0.2) is 13.2 Å². The summed E-state index contributed by atoms with van der Waals surface area (Å²) >= 11 is 0. The lowest BCUT2D eigenvalue weighted by molar-refractivity contribution is 0.193. The summed E-state index contributed by atoms with van der Waals surface area (Å²) in [5.41, 5.74) is 1.27. The molecule has 1 saturated carbocycles. The summed E-state index contributed by atoms with van der Waals surface area (Å²) in [6.07, 6.45) is 5.49. The van der Waals surface area contributed by atoms with Crippen LogP contribution in [0.1, 0.15) is 50.5 Å². The minimum atomic E-state index is -0.820. The Morgan fingerprint density at radius 3 is 2.24 bits per heavy atom. The molecule has 3 nitrogen and oxygen atoms in total. The van der Waals surface area contributed by atoms with Crippen LogP contribution in [-0.2, 0) is 0 Å². The Kier molecular flexibility index (Phi) is 9.15. The molecule has 1 aliphatic rings. The van der Waals surface area contributed by atoms with Crippen LogP contribution in [0.4, 0.5) is 13.2 Å². The topological polar surface area (TPSA) is 27.7 Å². The first-order valence-corrected chi connectivity index (χ1v) is 12.9. The molecule has 4 rings (SSSR count). The third kappa shape index (κ3) is 6.68. The molecular weight excluding hydrogens is 477 g/mol. The first kappa shape index (κ1) is 26.6. The Bertz CT molecular complexity index is 1190. The molecule has 196 valence electrons. The molecule has 0 amide bonds. The maximum absolute atomic E-state index is 15.1. The van der Waals surface area contributed by atoms with Crippen LogP contribution in [-0.4, -0.2) is 19.8 Å². The van der Waals surface area contributed by atoms with Crippen LogP contribution in [0.15, 0.2) is 67.3 Å². The van der Waals surface area contributed by atoms with Gasteiger partial charge in [0, 0.05) is 11.6 Å². The van der Waals surface area contributed by atoms with Crippen LogP contribution in [0.5, 0.6) is 17.2 Å². The second kappa shape index (κ2) is 12.7. The summed E-state index contributed by atoms with van der Waals surface area (Å²) in [6, 6.07) is 14.9. The van der Waals surface area contributed by atoms with Crippen LogP contribution in [0.3, 0.4) is 0 Å². The van der Waals surface area contributed by atoms with Gasteiger partial charge in [-0.15, -0.1) is 6.58 Å². The smallest absolute Gasteiger partial charge is 0.168 e. The van der Waals surface area contributed by atoms with E-state index in [1.807, 2.05) is 6.92 Å². The largest absolute Gasteiger partial charge is 0.494 e. The first-order chi connectivity index (χ1) is 18.0. The van der Waals surface area contributed by atoms with Gasteiger partial charge >= 0.3 is 0 Å². The maximum Gasteiger partial charge on any atom is 0.168 e. The van der Waals surface area contributed by atoms with Gasteiger partial charge in [-0.3, -0.25) is 0 Å². The van der Waals surface area contributed by atoms with Crippen LogP contribution in [0, 0.1) is 23.4 Å². The average molecular weight is 511 g/mol. The molecule has 1 aliphatic carbocycles. The molecule has 0 aliphatic heterocycles. The Hall–Kier alpha value is -3.41. The maximum atomic E-state index is 15.1. The van der Waals surface area contributed by atoms with Crippen LogP contribution in [0.2, 0.25) is 0 Å². The molecule has 0 radical (unpaired) electrons. The number of ether oxygens (including phenoxy) is 3.